The first-order valence-corrected chi connectivity index (χ1v) is 6.47. The molecule has 0 atom stereocenters. The Morgan fingerprint density at radius 3 is 2.35 bits per heavy atom. The van der Waals surface area contributed by atoms with E-state index in [1.54, 1.807) is 24.3 Å². The zero-order valence-electron chi connectivity index (χ0n) is 10.9. The van der Waals surface area contributed by atoms with Gasteiger partial charge in [-0.2, -0.15) is 0 Å². The summed E-state index contributed by atoms with van der Waals surface area (Å²) in [6, 6.07) is 12.8. The van der Waals surface area contributed by atoms with Crippen LogP contribution in [0.1, 0.15) is 37.5 Å². The molecule has 0 aliphatic heterocycles. The SMILES string of the molecule is Cc1ccc2[nH]c3c(c2c1)C(=O)c1ccccc1C3=O. The molecule has 1 N–H and O–H groups in total. The summed E-state index contributed by atoms with van der Waals surface area (Å²) in [5.74, 6) is -0.184. The lowest BCUT2D eigenvalue weighted by molar-refractivity contribution is 0.0978. The molecule has 3 nitrogen and oxygen atoms in total. The lowest BCUT2D eigenvalue weighted by Crippen LogP contribution is -2.20. The molecule has 4 rings (SSSR count). The van der Waals surface area contributed by atoms with E-state index in [1.807, 2.05) is 25.1 Å². The van der Waals surface area contributed by atoms with Gasteiger partial charge in [-0.15, -0.1) is 0 Å². The molecule has 3 heteroatoms. The van der Waals surface area contributed by atoms with Gasteiger partial charge in [-0.3, -0.25) is 9.59 Å². The third-order valence-electron chi connectivity index (χ3n) is 3.82. The maximum atomic E-state index is 12.7. The molecule has 0 fully saturated rings. The fraction of sp³-hybridized carbons (Fsp3) is 0.0588. The predicted molar refractivity (Wildman–Crippen MR) is 76.3 cm³/mol. The van der Waals surface area contributed by atoms with Gasteiger partial charge in [0.2, 0.25) is 5.78 Å². The number of aromatic amines is 1. The molecule has 1 aliphatic carbocycles. The van der Waals surface area contributed by atoms with E-state index in [2.05, 4.69) is 4.98 Å². The lowest BCUT2D eigenvalue weighted by atomic mass is 9.87. The van der Waals surface area contributed by atoms with Crippen LogP contribution >= 0.6 is 0 Å². The van der Waals surface area contributed by atoms with Crippen molar-refractivity contribution in [2.45, 2.75) is 6.92 Å². The molecule has 0 unspecified atom stereocenters. The normalized spacial score (nSPS) is 13.4. The number of hydrogen-bond donors (Lipinski definition) is 1. The van der Waals surface area contributed by atoms with Crippen LogP contribution in [0, 0.1) is 6.92 Å². The summed E-state index contributed by atoms with van der Waals surface area (Å²) in [7, 11) is 0. The number of aryl methyl sites for hydroxylation is 1. The number of aromatic nitrogens is 1. The highest BCUT2D eigenvalue weighted by Gasteiger charge is 2.32. The van der Waals surface area contributed by atoms with E-state index >= 15 is 0 Å². The highest BCUT2D eigenvalue weighted by molar-refractivity contribution is 6.32. The quantitative estimate of drug-likeness (QED) is 0.528. The van der Waals surface area contributed by atoms with E-state index < -0.39 is 0 Å². The molecule has 1 aromatic heterocycles. The van der Waals surface area contributed by atoms with Crippen LogP contribution in [-0.4, -0.2) is 16.6 Å². The Labute approximate surface area is 115 Å². The number of fused-ring (bicyclic) bond motifs is 4. The van der Waals surface area contributed by atoms with Gasteiger partial charge in [-0.05, 0) is 19.1 Å². The Balaban J connectivity index is 2.12. The Morgan fingerprint density at radius 1 is 0.900 bits per heavy atom. The van der Waals surface area contributed by atoms with E-state index in [1.165, 1.54) is 0 Å². The number of nitrogens with one attached hydrogen (secondary N) is 1. The number of carbonyl (C=O) groups excluding carboxylic acids is 2. The van der Waals surface area contributed by atoms with Crippen molar-refractivity contribution < 1.29 is 9.59 Å². The molecule has 0 spiro atoms. The van der Waals surface area contributed by atoms with Crippen LogP contribution in [0.15, 0.2) is 42.5 Å². The van der Waals surface area contributed by atoms with Crippen LogP contribution in [0.3, 0.4) is 0 Å². The van der Waals surface area contributed by atoms with Crippen LogP contribution in [0.4, 0.5) is 0 Å². The average Bonchev–Trinajstić information content (AvgIpc) is 2.84. The molecule has 20 heavy (non-hydrogen) atoms. The van der Waals surface area contributed by atoms with Gasteiger partial charge in [-0.1, -0.05) is 35.9 Å². The topological polar surface area (TPSA) is 49.9 Å². The minimum atomic E-state index is -0.107. The van der Waals surface area contributed by atoms with Crippen LogP contribution in [-0.2, 0) is 0 Å². The van der Waals surface area contributed by atoms with Crippen molar-refractivity contribution in [2.24, 2.45) is 0 Å². The van der Waals surface area contributed by atoms with Gasteiger partial charge in [0.15, 0.2) is 5.78 Å². The molecule has 0 saturated heterocycles. The minimum absolute atomic E-state index is 0.0768. The van der Waals surface area contributed by atoms with Crippen molar-refractivity contribution in [3.8, 4) is 0 Å². The first-order valence-electron chi connectivity index (χ1n) is 6.47. The largest absolute Gasteiger partial charge is 0.351 e. The smallest absolute Gasteiger partial charge is 0.210 e. The van der Waals surface area contributed by atoms with Crippen molar-refractivity contribution >= 4 is 22.5 Å². The Kier molecular flexibility index (Phi) is 2.05. The summed E-state index contributed by atoms with van der Waals surface area (Å²) in [6.45, 7) is 1.97. The molecule has 0 saturated carbocycles. The van der Waals surface area contributed by atoms with Crippen molar-refractivity contribution in [1.29, 1.82) is 0 Å². The van der Waals surface area contributed by atoms with Crippen molar-refractivity contribution in [2.75, 3.05) is 0 Å². The van der Waals surface area contributed by atoms with E-state index in [4.69, 9.17) is 0 Å². The summed E-state index contributed by atoms with van der Waals surface area (Å²) in [6.07, 6.45) is 0. The van der Waals surface area contributed by atoms with Gasteiger partial charge in [0.05, 0.1) is 11.3 Å². The van der Waals surface area contributed by atoms with Crippen molar-refractivity contribution in [3.63, 3.8) is 0 Å². The fourth-order valence-electron chi connectivity index (χ4n) is 2.86. The summed E-state index contributed by atoms with van der Waals surface area (Å²) in [4.78, 5) is 28.3. The van der Waals surface area contributed by atoms with Gasteiger partial charge in [0.1, 0.15) is 0 Å². The number of H-pyrrole nitrogens is 1. The molecule has 3 aromatic rings. The molecule has 1 aliphatic rings. The molecular formula is C17H11NO2. The van der Waals surface area contributed by atoms with Crippen LogP contribution in [0.5, 0.6) is 0 Å². The Hall–Kier alpha value is -2.68. The van der Waals surface area contributed by atoms with Gasteiger partial charge in [-0.25, -0.2) is 0 Å². The Bertz CT molecular complexity index is 902. The van der Waals surface area contributed by atoms with Gasteiger partial charge in [0, 0.05) is 22.0 Å². The number of carbonyl (C=O) groups is 2. The van der Waals surface area contributed by atoms with Crippen LogP contribution < -0.4 is 0 Å². The molecule has 0 radical (unpaired) electrons. The van der Waals surface area contributed by atoms with Crippen LogP contribution in [0.2, 0.25) is 0 Å². The predicted octanol–water partition coefficient (Wildman–Crippen LogP) is 3.25. The Morgan fingerprint density at radius 2 is 1.60 bits per heavy atom. The van der Waals surface area contributed by atoms with Gasteiger partial charge in [0.25, 0.3) is 0 Å². The fourth-order valence-corrected chi connectivity index (χ4v) is 2.86. The van der Waals surface area contributed by atoms with E-state index in [0.29, 0.717) is 22.4 Å². The summed E-state index contributed by atoms with van der Waals surface area (Å²) < 4.78 is 0. The lowest BCUT2D eigenvalue weighted by Gasteiger charge is -2.13. The van der Waals surface area contributed by atoms with Crippen molar-refractivity contribution in [3.05, 3.63) is 70.4 Å². The van der Waals surface area contributed by atoms with E-state index in [9.17, 15) is 9.59 Å². The zero-order chi connectivity index (χ0) is 13.9. The molecular weight excluding hydrogens is 250 g/mol. The van der Waals surface area contributed by atoms with E-state index in [0.717, 1.165) is 16.5 Å². The first-order chi connectivity index (χ1) is 9.66. The maximum Gasteiger partial charge on any atom is 0.210 e. The number of rotatable bonds is 0. The second kappa shape index (κ2) is 3.67. The monoisotopic (exact) mass is 261 g/mol. The average molecular weight is 261 g/mol. The molecule has 96 valence electrons. The third kappa shape index (κ3) is 1.29. The first kappa shape index (κ1) is 11.2. The molecule has 0 bridgehead atoms. The number of hydrogen-bond acceptors (Lipinski definition) is 2. The molecule has 0 amide bonds. The minimum Gasteiger partial charge on any atom is -0.351 e. The zero-order valence-corrected chi connectivity index (χ0v) is 10.9. The summed E-state index contributed by atoms with van der Waals surface area (Å²) in [5.41, 5.74) is 3.79. The number of ketones is 2. The van der Waals surface area contributed by atoms with Gasteiger partial charge < -0.3 is 4.98 Å². The highest BCUT2D eigenvalue weighted by Crippen LogP contribution is 2.32. The van der Waals surface area contributed by atoms with Crippen LogP contribution in [0.25, 0.3) is 10.9 Å². The summed E-state index contributed by atoms with van der Waals surface area (Å²) in [5, 5.41) is 0.827. The van der Waals surface area contributed by atoms with E-state index in [-0.39, 0.29) is 11.6 Å². The summed E-state index contributed by atoms with van der Waals surface area (Å²) >= 11 is 0. The third-order valence-corrected chi connectivity index (χ3v) is 3.82. The number of benzene rings is 2. The van der Waals surface area contributed by atoms with Crippen molar-refractivity contribution in [1.82, 2.24) is 4.98 Å². The highest BCUT2D eigenvalue weighted by atomic mass is 16.1. The second-order valence-electron chi connectivity index (χ2n) is 5.13. The standard InChI is InChI=1S/C17H11NO2/c1-9-6-7-13-12(8-9)14-15(18-13)17(20)11-5-3-2-4-10(11)16(14)19/h2-8,18H,1H3. The molecule has 1 heterocycles. The van der Waals surface area contributed by atoms with Gasteiger partial charge >= 0.3 is 0 Å². The molecule has 2 aromatic carbocycles. The second-order valence-corrected chi connectivity index (χ2v) is 5.13. The maximum absolute atomic E-state index is 12.7.